The number of rotatable bonds is 7. The van der Waals surface area contributed by atoms with Crippen molar-refractivity contribution in [2.24, 2.45) is 5.92 Å². The van der Waals surface area contributed by atoms with Crippen molar-refractivity contribution in [3.8, 4) is 0 Å². The maximum atomic E-state index is 13.3. The Morgan fingerprint density at radius 1 is 1.11 bits per heavy atom. The van der Waals surface area contributed by atoms with Gasteiger partial charge in [-0.05, 0) is 48.4 Å². The van der Waals surface area contributed by atoms with E-state index in [9.17, 15) is 26.7 Å². The third-order valence-electron chi connectivity index (χ3n) is 7.36. The van der Waals surface area contributed by atoms with Gasteiger partial charge in [0.2, 0.25) is 0 Å². The number of aliphatic hydroxyl groups is 1. The van der Waals surface area contributed by atoms with Crippen LogP contribution < -0.4 is 4.90 Å². The number of nitrogens with zero attached hydrogens (tertiary/aromatic N) is 3. The molecule has 35 heavy (non-hydrogen) atoms. The largest absolute Gasteiger partial charge is 0.421 e. The van der Waals surface area contributed by atoms with Crippen LogP contribution in [0.2, 0.25) is 0 Å². The van der Waals surface area contributed by atoms with Gasteiger partial charge in [0.15, 0.2) is 5.60 Å². The minimum atomic E-state index is -4.79. The molecule has 0 spiro atoms. The summed E-state index contributed by atoms with van der Waals surface area (Å²) in [5.41, 5.74) is -2.46. The molecule has 3 heterocycles. The normalized spacial score (nSPS) is 26.4. The number of hydrogen-bond acceptors (Lipinski definition) is 6. The molecule has 1 aromatic carbocycles. The summed E-state index contributed by atoms with van der Waals surface area (Å²) in [5, 5.41) is 11.8. The number of alkyl halides is 3. The molecule has 2 aromatic rings. The summed E-state index contributed by atoms with van der Waals surface area (Å²) in [6.07, 6.45) is -3.78. The minimum Gasteiger partial charge on any atom is -0.376 e. The fourth-order valence-corrected chi connectivity index (χ4v) is 7.82. The summed E-state index contributed by atoms with van der Waals surface area (Å²) in [6.45, 7) is 7.71. The molecule has 4 unspecified atom stereocenters. The number of piperazine rings is 1. The summed E-state index contributed by atoms with van der Waals surface area (Å²) in [6, 6.07) is 9.38. The average Bonchev–Trinajstić information content (AvgIpc) is 3.34. The van der Waals surface area contributed by atoms with E-state index >= 15 is 0 Å². The number of anilines is 1. The molecule has 194 valence electrons. The van der Waals surface area contributed by atoms with Gasteiger partial charge >= 0.3 is 6.18 Å². The number of hydrogen-bond donors (Lipinski definition) is 1. The number of halogens is 3. The Kier molecular flexibility index (Phi) is 7.29. The fourth-order valence-electron chi connectivity index (χ4n) is 5.21. The van der Waals surface area contributed by atoms with Crippen LogP contribution in [0.3, 0.4) is 0 Å². The minimum absolute atomic E-state index is 0.158. The Balaban J connectivity index is 1.59. The molecule has 2 fully saturated rings. The predicted octanol–water partition coefficient (Wildman–Crippen LogP) is 4.13. The molecule has 0 saturated carbocycles. The van der Waals surface area contributed by atoms with E-state index in [0.29, 0.717) is 41.5 Å². The van der Waals surface area contributed by atoms with Crippen LogP contribution in [0.25, 0.3) is 0 Å². The van der Waals surface area contributed by atoms with E-state index in [4.69, 9.17) is 0 Å². The van der Waals surface area contributed by atoms with Gasteiger partial charge in [0, 0.05) is 44.5 Å². The van der Waals surface area contributed by atoms with Gasteiger partial charge in [-0.1, -0.05) is 32.0 Å². The zero-order valence-electron chi connectivity index (χ0n) is 20.1. The van der Waals surface area contributed by atoms with Gasteiger partial charge in [-0.2, -0.15) is 17.5 Å². The first-order chi connectivity index (χ1) is 16.4. The van der Waals surface area contributed by atoms with Crippen LogP contribution in [-0.2, 0) is 15.6 Å². The SMILES string of the molecule is CCC1C(C)CN1CC1CN(S(=O)(=O)c2cccs2)CCN1c1ccc(C(C)(O)C(F)(F)F)cc1. The molecule has 2 aliphatic heterocycles. The second-order valence-electron chi connectivity index (χ2n) is 9.67. The lowest BCUT2D eigenvalue weighted by molar-refractivity contribution is -0.258. The number of sulfonamides is 1. The molecular formula is C24H32F3N3O3S2. The first-order valence-corrected chi connectivity index (χ1v) is 14.1. The lowest BCUT2D eigenvalue weighted by Crippen LogP contribution is -2.63. The van der Waals surface area contributed by atoms with Gasteiger partial charge in [-0.15, -0.1) is 11.3 Å². The average molecular weight is 532 g/mol. The van der Waals surface area contributed by atoms with Crippen molar-refractivity contribution in [3.05, 3.63) is 47.3 Å². The zero-order chi connectivity index (χ0) is 25.6. The van der Waals surface area contributed by atoms with Crippen molar-refractivity contribution in [1.82, 2.24) is 9.21 Å². The Hall–Kier alpha value is -1.66. The monoisotopic (exact) mass is 531 g/mol. The van der Waals surface area contributed by atoms with Crippen molar-refractivity contribution in [2.45, 2.75) is 55.3 Å². The first kappa shape index (κ1) is 26.4. The van der Waals surface area contributed by atoms with Crippen LogP contribution in [0.4, 0.5) is 18.9 Å². The van der Waals surface area contributed by atoms with E-state index in [1.54, 1.807) is 29.6 Å². The fraction of sp³-hybridized carbons (Fsp3) is 0.583. The molecule has 1 N–H and O–H groups in total. The Bertz CT molecular complexity index is 1110. The number of benzene rings is 1. The molecule has 0 amide bonds. The van der Waals surface area contributed by atoms with E-state index in [-0.39, 0.29) is 18.2 Å². The second kappa shape index (κ2) is 9.66. The Labute approximate surface area is 209 Å². The smallest absolute Gasteiger partial charge is 0.376 e. The van der Waals surface area contributed by atoms with Crippen LogP contribution in [-0.4, -0.2) is 73.7 Å². The number of likely N-dealkylation sites (tertiary alicyclic amines) is 1. The lowest BCUT2D eigenvalue weighted by atomic mass is 9.87. The van der Waals surface area contributed by atoms with Gasteiger partial charge in [0.1, 0.15) is 4.21 Å². The topological polar surface area (TPSA) is 64.1 Å². The predicted molar refractivity (Wildman–Crippen MR) is 131 cm³/mol. The quantitative estimate of drug-likeness (QED) is 0.582. The third kappa shape index (κ3) is 4.98. The Morgan fingerprint density at radius 2 is 1.80 bits per heavy atom. The molecule has 0 bridgehead atoms. The maximum absolute atomic E-state index is 13.3. The van der Waals surface area contributed by atoms with E-state index in [2.05, 4.69) is 23.6 Å². The summed E-state index contributed by atoms with van der Waals surface area (Å²) in [5.74, 6) is 0.576. The first-order valence-electron chi connectivity index (χ1n) is 11.8. The molecule has 0 radical (unpaired) electrons. The van der Waals surface area contributed by atoms with Crippen molar-refractivity contribution in [3.63, 3.8) is 0 Å². The van der Waals surface area contributed by atoms with Crippen LogP contribution in [0.5, 0.6) is 0 Å². The van der Waals surface area contributed by atoms with Gasteiger partial charge in [-0.25, -0.2) is 8.42 Å². The van der Waals surface area contributed by atoms with E-state index in [1.807, 2.05) is 0 Å². The summed E-state index contributed by atoms with van der Waals surface area (Å²) >= 11 is 1.19. The highest BCUT2D eigenvalue weighted by Gasteiger charge is 2.51. The van der Waals surface area contributed by atoms with Gasteiger partial charge in [-0.3, -0.25) is 4.90 Å². The summed E-state index contributed by atoms with van der Waals surface area (Å²) in [7, 11) is -3.61. The standard InChI is InChI=1S/C24H32F3N3O3S2/c1-4-21-17(2)14-28(21)15-20-16-29(35(32,33)22-6-5-13-34-22)11-12-30(20)19-9-7-18(8-10-19)23(3,31)24(25,26)27/h5-10,13,17,20-21,31H,4,11-12,14-16H2,1-3H3. The van der Waals surface area contributed by atoms with Crippen LogP contribution >= 0.6 is 11.3 Å². The molecule has 4 rings (SSSR count). The van der Waals surface area contributed by atoms with Crippen molar-refractivity contribution in [2.75, 3.05) is 37.6 Å². The molecule has 6 nitrogen and oxygen atoms in total. The van der Waals surface area contributed by atoms with Crippen molar-refractivity contribution >= 4 is 27.0 Å². The summed E-state index contributed by atoms with van der Waals surface area (Å²) < 4.78 is 68.0. The molecule has 2 saturated heterocycles. The van der Waals surface area contributed by atoms with Gasteiger partial charge in [0.05, 0.1) is 6.04 Å². The maximum Gasteiger partial charge on any atom is 0.421 e. The van der Waals surface area contributed by atoms with E-state index in [1.165, 1.54) is 27.8 Å². The Morgan fingerprint density at radius 3 is 2.34 bits per heavy atom. The third-order valence-corrected chi connectivity index (χ3v) is 10.6. The molecule has 11 heteroatoms. The van der Waals surface area contributed by atoms with Crippen LogP contribution in [0.1, 0.15) is 32.8 Å². The van der Waals surface area contributed by atoms with E-state index < -0.39 is 21.8 Å². The van der Waals surface area contributed by atoms with Gasteiger partial charge in [0.25, 0.3) is 10.0 Å². The van der Waals surface area contributed by atoms with Crippen molar-refractivity contribution < 1.29 is 26.7 Å². The van der Waals surface area contributed by atoms with Crippen molar-refractivity contribution in [1.29, 1.82) is 0 Å². The summed E-state index contributed by atoms with van der Waals surface area (Å²) in [4.78, 5) is 4.45. The molecule has 0 aliphatic carbocycles. The molecule has 1 aromatic heterocycles. The lowest BCUT2D eigenvalue weighted by Gasteiger charge is -2.51. The molecule has 4 atom stereocenters. The highest BCUT2D eigenvalue weighted by atomic mass is 32.2. The van der Waals surface area contributed by atoms with Crippen LogP contribution in [0, 0.1) is 5.92 Å². The molecule has 2 aliphatic rings. The van der Waals surface area contributed by atoms with Crippen LogP contribution in [0.15, 0.2) is 46.0 Å². The number of thiophene rings is 1. The zero-order valence-corrected chi connectivity index (χ0v) is 21.7. The highest BCUT2D eigenvalue weighted by molar-refractivity contribution is 7.91. The van der Waals surface area contributed by atoms with E-state index in [0.717, 1.165) is 19.9 Å². The molecular weight excluding hydrogens is 499 g/mol. The van der Waals surface area contributed by atoms with Gasteiger partial charge < -0.3 is 10.0 Å². The highest BCUT2D eigenvalue weighted by Crippen LogP contribution is 2.39. The second-order valence-corrected chi connectivity index (χ2v) is 12.8.